The molecule has 332 valence electrons. The van der Waals surface area contributed by atoms with Crippen LogP contribution in [0.5, 0.6) is 5.75 Å². The quantitative estimate of drug-likeness (QED) is 0.0942. The summed E-state index contributed by atoms with van der Waals surface area (Å²) in [5, 5.41) is 26.0. The Bertz CT molecular complexity index is 2540. The summed E-state index contributed by atoms with van der Waals surface area (Å²) >= 11 is 1.42. The van der Waals surface area contributed by atoms with E-state index in [1.165, 1.54) is 11.3 Å². The minimum atomic E-state index is -1.32. The lowest BCUT2D eigenvalue weighted by molar-refractivity contribution is -0.142. The third-order valence-electron chi connectivity index (χ3n) is 10.9. The highest BCUT2D eigenvalue weighted by Gasteiger charge is 2.33. The summed E-state index contributed by atoms with van der Waals surface area (Å²) < 4.78 is 5.79. The van der Waals surface area contributed by atoms with Gasteiger partial charge in [0.2, 0.25) is 23.6 Å². The molecule has 1 aromatic heterocycles. The summed E-state index contributed by atoms with van der Waals surface area (Å²) in [6.45, 7) is -0.425. The first-order valence-electron chi connectivity index (χ1n) is 21.3. The van der Waals surface area contributed by atoms with Crippen LogP contribution in [0.1, 0.15) is 27.1 Å². The van der Waals surface area contributed by atoms with Gasteiger partial charge in [0.05, 0.1) is 0 Å². The van der Waals surface area contributed by atoms with Crippen molar-refractivity contribution >= 4 is 46.8 Å². The number of carboxylic acid groups (broad SMARTS) is 1. The summed E-state index contributed by atoms with van der Waals surface area (Å²) in [5.74, 6) is -4.28. The molecule has 2 bridgehead atoms. The fraction of sp³-hybridized carbons (Fsp3) is 0.216. The van der Waals surface area contributed by atoms with Crippen LogP contribution in [-0.2, 0) is 60.9 Å². The number of benzene rings is 5. The predicted octanol–water partition coefficient (Wildman–Crippen LogP) is 4.83. The third-order valence-corrected chi connectivity index (χ3v) is 11.8. The molecule has 0 saturated heterocycles. The second kappa shape index (κ2) is 22.2. The Hall–Kier alpha value is -7.58. The number of nitrogens with one attached hydrogen (secondary N) is 5. The number of hydrogen-bond donors (Lipinski definition) is 6. The monoisotopic (exact) mass is 891 g/mol. The molecule has 3 heterocycles. The van der Waals surface area contributed by atoms with E-state index < -0.39 is 72.3 Å². The van der Waals surface area contributed by atoms with E-state index in [4.69, 9.17) is 4.74 Å². The van der Waals surface area contributed by atoms with Crippen LogP contribution < -0.4 is 31.3 Å². The van der Waals surface area contributed by atoms with Gasteiger partial charge in [0.25, 0.3) is 5.91 Å². The average molecular weight is 892 g/mol. The molecule has 0 aliphatic carbocycles. The Morgan fingerprint density at radius 2 is 1.14 bits per heavy atom. The van der Waals surface area contributed by atoms with Crippen molar-refractivity contribution in [2.75, 3.05) is 6.61 Å². The van der Waals surface area contributed by atoms with Crippen LogP contribution in [0.3, 0.4) is 0 Å². The number of carbonyl (C=O) groups is 6. The van der Waals surface area contributed by atoms with Crippen molar-refractivity contribution in [1.82, 2.24) is 26.6 Å². The van der Waals surface area contributed by atoms with E-state index >= 15 is 0 Å². The maximum absolute atomic E-state index is 14.7. The number of fused-ring (bicyclic) bond motifs is 16. The van der Waals surface area contributed by atoms with Gasteiger partial charge in [-0.15, -0.1) is 11.3 Å². The summed E-state index contributed by atoms with van der Waals surface area (Å²) in [5.41, 5.74) is 4.64. The Balaban J connectivity index is 1.22. The lowest BCUT2D eigenvalue weighted by Crippen LogP contribution is -2.60. The maximum Gasteiger partial charge on any atom is 0.326 e. The molecule has 13 nitrogen and oxygen atoms in total. The summed E-state index contributed by atoms with van der Waals surface area (Å²) in [7, 11) is 0. The maximum atomic E-state index is 14.7. The van der Waals surface area contributed by atoms with Gasteiger partial charge >= 0.3 is 5.97 Å². The van der Waals surface area contributed by atoms with Crippen LogP contribution in [0.15, 0.2) is 157 Å². The number of carboxylic acids is 1. The van der Waals surface area contributed by atoms with Gasteiger partial charge in [-0.2, -0.15) is 0 Å². The second-order valence-electron chi connectivity index (χ2n) is 15.8. The molecule has 2 aliphatic rings. The Morgan fingerprint density at radius 1 is 0.600 bits per heavy atom. The number of thiophene rings is 1. The van der Waals surface area contributed by atoms with Crippen molar-refractivity contribution in [3.63, 3.8) is 0 Å². The number of aliphatic carboxylic acids is 1. The minimum Gasteiger partial charge on any atom is -0.484 e. The van der Waals surface area contributed by atoms with Crippen LogP contribution in [0.25, 0.3) is 11.1 Å². The SMILES string of the molecule is O=C1COc2ccc(cc2)C[C@@H](C(=O)N[C@H](Cc2ccccc2)C(=O)O)NC(=O)[C@H](Cc2ccccc2)NC(=O)[C@H](Cc2ccc(-c3ccccc3)cc2)NC(=O)[C@H](Cc2cccs2)N1. The van der Waals surface area contributed by atoms with Gasteiger partial charge < -0.3 is 36.4 Å². The molecular formula is C51H49N5O8S. The average Bonchev–Trinajstić information content (AvgIpc) is 3.84. The third kappa shape index (κ3) is 13.2. The normalized spacial score (nSPS) is 18.8. The number of rotatable bonds is 12. The zero-order valence-corrected chi connectivity index (χ0v) is 36.2. The molecule has 5 atom stereocenters. The molecule has 0 unspecified atom stereocenters. The highest BCUT2D eigenvalue weighted by molar-refractivity contribution is 7.09. The molecule has 0 radical (unpaired) electrons. The van der Waals surface area contributed by atoms with Crippen molar-refractivity contribution in [3.05, 3.63) is 184 Å². The lowest BCUT2D eigenvalue weighted by atomic mass is 9.99. The van der Waals surface area contributed by atoms with Crippen LogP contribution in [0.2, 0.25) is 0 Å². The first kappa shape index (κ1) is 45.4. The van der Waals surface area contributed by atoms with Gasteiger partial charge in [0, 0.05) is 37.0 Å². The number of hydrogen-bond acceptors (Lipinski definition) is 8. The molecule has 65 heavy (non-hydrogen) atoms. The molecule has 5 amide bonds. The van der Waals surface area contributed by atoms with Gasteiger partial charge in [-0.25, -0.2) is 4.79 Å². The van der Waals surface area contributed by atoms with Gasteiger partial charge in [-0.05, 0) is 57.0 Å². The van der Waals surface area contributed by atoms with Crippen molar-refractivity contribution in [2.24, 2.45) is 0 Å². The Morgan fingerprint density at radius 3 is 1.72 bits per heavy atom. The first-order valence-corrected chi connectivity index (χ1v) is 22.1. The van der Waals surface area contributed by atoms with Crippen LogP contribution in [0, 0.1) is 0 Å². The molecule has 0 spiro atoms. The van der Waals surface area contributed by atoms with Crippen molar-refractivity contribution < 1.29 is 38.6 Å². The number of ether oxygens (including phenoxy) is 1. The Kier molecular flexibility index (Phi) is 15.5. The minimum absolute atomic E-state index is 0.00798. The molecule has 8 rings (SSSR count). The number of amides is 5. The van der Waals surface area contributed by atoms with E-state index in [-0.39, 0.29) is 32.1 Å². The van der Waals surface area contributed by atoms with E-state index in [0.29, 0.717) is 28.0 Å². The largest absolute Gasteiger partial charge is 0.484 e. The molecule has 2 aliphatic heterocycles. The molecule has 6 N–H and O–H groups in total. The van der Waals surface area contributed by atoms with E-state index in [1.807, 2.05) is 78.2 Å². The molecule has 14 heteroatoms. The van der Waals surface area contributed by atoms with Crippen molar-refractivity contribution in [2.45, 2.75) is 62.3 Å². The van der Waals surface area contributed by atoms with E-state index in [2.05, 4.69) is 26.6 Å². The molecule has 0 saturated carbocycles. The van der Waals surface area contributed by atoms with E-state index in [1.54, 1.807) is 78.9 Å². The Labute approximate surface area is 380 Å². The van der Waals surface area contributed by atoms with Gasteiger partial charge in [0.1, 0.15) is 36.0 Å². The number of carbonyl (C=O) groups excluding carboxylic acids is 5. The zero-order chi connectivity index (χ0) is 45.5. The van der Waals surface area contributed by atoms with Gasteiger partial charge in [-0.1, -0.05) is 133 Å². The standard InChI is InChI=1S/C51H49N5O8S/c57-46-32-64-39-24-20-36(21-25-39)29-43(49(60)56-45(51(62)63)30-34-13-6-2-7-14-34)54-47(58)41(27-33-11-4-1-5-12-33)53-48(59)42(55-50(61)44(52-46)31-40-17-10-26-65-40)28-35-18-22-38(23-19-35)37-15-8-3-9-16-37/h1-26,41-45H,27-32H2,(H,52,57)(H,53,59)(H,54,58)(H,55,61)(H,56,60)(H,62,63)/t41-,42-,43-,44-,45+/m0/s1. The fourth-order valence-corrected chi connectivity index (χ4v) is 8.25. The molecule has 0 fully saturated rings. The van der Waals surface area contributed by atoms with Crippen LogP contribution >= 0.6 is 11.3 Å². The van der Waals surface area contributed by atoms with E-state index in [0.717, 1.165) is 16.0 Å². The predicted molar refractivity (Wildman–Crippen MR) is 247 cm³/mol. The second-order valence-corrected chi connectivity index (χ2v) is 16.8. The topological polar surface area (TPSA) is 192 Å². The lowest BCUT2D eigenvalue weighted by Gasteiger charge is -2.27. The van der Waals surface area contributed by atoms with Crippen molar-refractivity contribution in [1.29, 1.82) is 0 Å². The van der Waals surface area contributed by atoms with Crippen LogP contribution in [0.4, 0.5) is 0 Å². The summed E-state index contributed by atoms with van der Waals surface area (Å²) in [4.78, 5) is 84.4. The molecule has 6 aromatic rings. The smallest absolute Gasteiger partial charge is 0.326 e. The zero-order valence-electron chi connectivity index (χ0n) is 35.4. The highest BCUT2D eigenvalue weighted by Crippen LogP contribution is 2.21. The highest BCUT2D eigenvalue weighted by atomic mass is 32.1. The van der Waals surface area contributed by atoms with Gasteiger partial charge in [-0.3, -0.25) is 24.0 Å². The summed E-state index contributed by atoms with van der Waals surface area (Å²) in [6.07, 6.45) is 0.0933. The van der Waals surface area contributed by atoms with Crippen LogP contribution in [-0.4, -0.2) is 77.4 Å². The van der Waals surface area contributed by atoms with E-state index in [9.17, 15) is 33.9 Å². The molecule has 5 aromatic carbocycles. The van der Waals surface area contributed by atoms with Gasteiger partial charge in [0.15, 0.2) is 6.61 Å². The van der Waals surface area contributed by atoms with Crippen molar-refractivity contribution in [3.8, 4) is 16.9 Å². The fourth-order valence-electron chi connectivity index (χ4n) is 7.50. The first-order chi connectivity index (χ1) is 31.6. The molecular weight excluding hydrogens is 843 g/mol. The summed E-state index contributed by atoms with van der Waals surface area (Å²) in [6, 6.07) is 39.2.